The highest BCUT2D eigenvalue weighted by Crippen LogP contribution is 2.41. The van der Waals surface area contributed by atoms with Gasteiger partial charge in [0.2, 0.25) is 5.78 Å². The molecule has 0 fully saturated rings. The summed E-state index contributed by atoms with van der Waals surface area (Å²) in [5.41, 5.74) is 1.64. The summed E-state index contributed by atoms with van der Waals surface area (Å²) in [5.74, 6) is -0.447. The van der Waals surface area contributed by atoms with E-state index in [-0.39, 0.29) is 5.76 Å². The van der Waals surface area contributed by atoms with Crippen LogP contribution in [-0.2, 0) is 24.7 Å². The topological polar surface area (TPSA) is 52.6 Å². The third-order valence-corrected chi connectivity index (χ3v) is 4.95. The van der Waals surface area contributed by atoms with Crippen molar-refractivity contribution in [3.8, 4) is 0 Å². The fourth-order valence-electron chi connectivity index (χ4n) is 3.55. The van der Waals surface area contributed by atoms with Crippen molar-refractivity contribution in [2.45, 2.75) is 18.6 Å². The zero-order valence-electron chi connectivity index (χ0n) is 17.0. The average Bonchev–Trinajstić information content (AvgIpc) is 2.82. The normalized spacial score (nSPS) is 12.8. The summed E-state index contributed by atoms with van der Waals surface area (Å²) in [7, 11) is 1.36. The average molecular weight is 400 g/mol. The summed E-state index contributed by atoms with van der Waals surface area (Å²) in [6, 6.07) is 29.4. The van der Waals surface area contributed by atoms with Crippen LogP contribution >= 0.6 is 0 Å². The molecule has 0 N–H and O–H groups in total. The molecule has 0 aliphatic carbocycles. The number of allylic oxidation sites excluding steroid dienone is 1. The molecule has 30 heavy (non-hydrogen) atoms. The molecule has 0 radical (unpaired) electrons. The van der Waals surface area contributed by atoms with Gasteiger partial charge in [-0.2, -0.15) is 0 Å². The Morgan fingerprint density at radius 1 is 0.800 bits per heavy atom. The number of hydrogen-bond acceptors (Lipinski definition) is 4. The van der Waals surface area contributed by atoms with E-state index in [0.717, 1.165) is 22.8 Å². The van der Waals surface area contributed by atoms with Crippen molar-refractivity contribution in [3.63, 3.8) is 0 Å². The minimum Gasteiger partial charge on any atom is -0.493 e. The SMILES string of the molecule is CO/C(=C/C=O)C(=O)[C@H](C)OC(c1ccccc1)(c1ccccc1)c1ccccc1. The van der Waals surface area contributed by atoms with Crippen LogP contribution in [0, 0.1) is 0 Å². The second-order valence-electron chi connectivity index (χ2n) is 6.77. The summed E-state index contributed by atoms with van der Waals surface area (Å²) < 4.78 is 11.7. The van der Waals surface area contributed by atoms with Gasteiger partial charge in [0.25, 0.3) is 0 Å². The molecular weight excluding hydrogens is 376 g/mol. The minimum absolute atomic E-state index is 0.0411. The first-order chi connectivity index (χ1) is 14.6. The number of carbonyl (C=O) groups excluding carboxylic acids is 2. The highest BCUT2D eigenvalue weighted by atomic mass is 16.5. The first kappa shape index (κ1) is 21.2. The Kier molecular flexibility index (Phi) is 6.94. The van der Waals surface area contributed by atoms with E-state index in [9.17, 15) is 9.59 Å². The standard InChI is InChI=1S/C26H24O4/c1-20(25(28)24(29-2)18-19-27)30-26(21-12-6-3-7-13-21,22-14-8-4-9-15-22)23-16-10-5-11-17-23/h3-20H,1-2H3/b24-18+/t20-/m0/s1. The van der Waals surface area contributed by atoms with Gasteiger partial charge < -0.3 is 9.47 Å². The van der Waals surface area contributed by atoms with E-state index in [1.54, 1.807) is 6.92 Å². The first-order valence-corrected chi connectivity index (χ1v) is 9.71. The predicted molar refractivity (Wildman–Crippen MR) is 116 cm³/mol. The molecule has 1 atom stereocenters. The van der Waals surface area contributed by atoms with Crippen molar-refractivity contribution in [1.82, 2.24) is 0 Å². The van der Waals surface area contributed by atoms with E-state index < -0.39 is 17.5 Å². The molecule has 0 saturated carbocycles. The molecule has 0 unspecified atom stereocenters. The molecule has 4 heteroatoms. The Morgan fingerprint density at radius 3 is 1.53 bits per heavy atom. The van der Waals surface area contributed by atoms with Crippen LogP contribution in [0.1, 0.15) is 23.6 Å². The minimum atomic E-state index is -1.03. The molecule has 0 spiro atoms. The van der Waals surface area contributed by atoms with Gasteiger partial charge in [0.05, 0.1) is 7.11 Å². The van der Waals surface area contributed by atoms with Gasteiger partial charge in [-0.1, -0.05) is 91.0 Å². The number of benzene rings is 3. The number of rotatable bonds is 9. The molecule has 3 aromatic rings. The van der Waals surface area contributed by atoms with E-state index in [1.807, 2.05) is 91.0 Å². The highest BCUT2D eigenvalue weighted by Gasteiger charge is 2.40. The van der Waals surface area contributed by atoms with Gasteiger partial charge in [-0.05, 0) is 23.6 Å². The maximum Gasteiger partial charge on any atom is 0.225 e. The summed E-state index contributed by atoms with van der Waals surface area (Å²) in [6.45, 7) is 1.67. The molecule has 0 amide bonds. The lowest BCUT2D eigenvalue weighted by Gasteiger charge is -2.37. The smallest absolute Gasteiger partial charge is 0.225 e. The molecule has 0 aromatic heterocycles. The predicted octanol–water partition coefficient (Wildman–Crippen LogP) is 4.68. The van der Waals surface area contributed by atoms with Crippen LogP contribution in [0.2, 0.25) is 0 Å². The number of aldehydes is 1. The number of Topliss-reactive ketones (excluding diaryl/α,β-unsaturated/α-hetero) is 1. The quantitative estimate of drug-likeness (QED) is 0.226. The molecule has 3 aromatic carbocycles. The maximum atomic E-state index is 13.0. The third kappa shape index (κ3) is 4.24. The van der Waals surface area contributed by atoms with Crippen molar-refractivity contribution >= 4 is 12.1 Å². The lowest BCUT2D eigenvalue weighted by atomic mass is 9.80. The monoisotopic (exact) mass is 400 g/mol. The lowest BCUT2D eigenvalue weighted by molar-refractivity contribution is -0.136. The van der Waals surface area contributed by atoms with Gasteiger partial charge in [-0.15, -0.1) is 0 Å². The molecule has 0 bridgehead atoms. The van der Waals surface area contributed by atoms with E-state index in [1.165, 1.54) is 7.11 Å². The fraction of sp³-hybridized carbons (Fsp3) is 0.154. The van der Waals surface area contributed by atoms with Crippen LogP contribution in [0.15, 0.2) is 103 Å². The van der Waals surface area contributed by atoms with Crippen LogP contribution in [0.5, 0.6) is 0 Å². The summed E-state index contributed by atoms with van der Waals surface area (Å²) in [4.78, 5) is 23.9. The van der Waals surface area contributed by atoms with Crippen LogP contribution in [0.4, 0.5) is 0 Å². The molecule has 152 valence electrons. The fourth-order valence-corrected chi connectivity index (χ4v) is 3.55. The van der Waals surface area contributed by atoms with Crippen LogP contribution in [0.3, 0.4) is 0 Å². The van der Waals surface area contributed by atoms with Gasteiger partial charge in [0.1, 0.15) is 18.0 Å². The van der Waals surface area contributed by atoms with Crippen LogP contribution < -0.4 is 0 Å². The second kappa shape index (κ2) is 9.81. The summed E-state index contributed by atoms with van der Waals surface area (Å²) in [6.07, 6.45) is 0.761. The highest BCUT2D eigenvalue weighted by molar-refractivity contribution is 5.99. The molecular formula is C26H24O4. The molecule has 0 heterocycles. The van der Waals surface area contributed by atoms with Crippen LogP contribution in [0.25, 0.3) is 0 Å². The summed E-state index contributed by atoms with van der Waals surface area (Å²) in [5, 5.41) is 0. The summed E-state index contributed by atoms with van der Waals surface area (Å²) >= 11 is 0. The van der Waals surface area contributed by atoms with Crippen molar-refractivity contribution in [1.29, 1.82) is 0 Å². The first-order valence-electron chi connectivity index (χ1n) is 9.71. The third-order valence-electron chi connectivity index (χ3n) is 4.95. The van der Waals surface area contributed by atoms with Crippen LogP contribution in [-0.4, -0.2) is 25.3 Å². The Bertz CT molecular complexity index is 898. The van der Waals surface area contributed by atoms with Crippen molar-refractivity contribution < 1.29 is 19.1 Å². The van der Waals surface area contributed by atoms with Gasteiger partial charge >= 0.3 is 0 Å². The Balaban J connectivity index is 2.20. The largest absolute Gasteiger partial charge is 0.493 e. The van der Waals surface area contributed by atoms with Gasteiger partial charge in [0, 0.05) is 6.08 Å². The lowest BCUT2D eigenvalue weighted by Crippen LogP contribution is -2.39. The molecule has 0 aliphatic rings. The van der Waals surface area contributed by atoms with Gasteiger partial charge in [-0.3, -0.25) is 9.59 Å². The number of hydrogen-bond donors (Lipinski definition) is 0. The van der Waals surface area contributed by atoms with Crippen molar-refractivity contribution in [3.05, 3.63) is 120 Å². The van der Waals surface area contributed by atoms with Gasteiger partial charge in [0.15, 0.2) is 5.76 Å². The van der Waals surface area contributed by atoms with E-state index >= 15 is 0 Å². The Hall–Kier alpha value is -3.50. The van der Waals surface area contributed by atoms with E-state index in [2.05, 4.69) is 0 Å². The number of ketones is 1. The molecule has 3 rings (SSSR count). The number of methoxy groups -OCH3 is 1. The van der Waals surface area contributed by atoms with Gasteiger partial charge in [-0.25, -0.2) is 0 Å². The molecule has 4 nitrogen and oxygen atoms in total. The maximum absolute atomic E-state index is 13.0. The zero-order chi connectivity index (χ0) is 21.4. The van der Waals surface area contributed by atoms with Crippen molar-refractivity contribution in [2.75, 3.05) is 7.11 Å². The Labute approximate surface area is 176 Å². The zero-order valence-corrected chi connectivity index (χ0v) is 17.0. The van der Waals surface area contributed by atoms with Crippen molar-refractivity contribution in [2.24, 2.45) is 0 Å². The van der Waals surface area contributed by atoms with E-state index in [4.69, 9.17) is 9.47 Å². The van der Waals surface area contributed by atoms with E-state index in [0.29, 0.717) is 6.29 Å². The molecule has 0 aliphatic heterocycles. The number of ether oxygens (including phenoxy) is 2. The second-order valence-corrected chi connectivity index (χ2v) is 6.77. The molecule has 0 saturated heterocycles. The Morgan fingerprint density at radius 2 is 1.20 bits per heavy atom. The number of carbonyl (C=O) groups is 2.